The van der Waals surface area contributed by atoms with E-state index in [0.717, 1.165) is 16.7 Å². The summed E-state index contributed by atoms with van der Waals surface area (Å²) in [6.07, 6.45) is -0.626. The van der Waals surface area contributed by atoms with Crippen molar-refractivity contribution in [2.75, 3.05) is 26.2 Å². The van der Waals surface area contributed by atoms with E-state index in [4.69, 9.17) is 4.74 Å². The number of hydrogen-bond donors (Lipinski definition) is 0. The smallest absolute Gasteiger partial charge is 0.263 e. The first-order valence-corrected chi connectivity index (χ1v) is 11.2. The molecule has 0 aromatic heterocycles. The number of carbonyl (C=O) groups excluding carboxylic acids is 1. The van der Waals surface area contributed by atoms with Crippen molar-refractivity contribution in [3.8, 4) is 5.75 Å². The topological polar surface area (TPSA) is 66.9 Å². The fourth-order valence-electron chi connectivity index (χ4n) is 3.58. The molecule has 2 aromatic rings. The summed E-state index contributed by atoms with van der Waals surface area (Å²) in [5, 5.41) is 0. The Morgan fingerprint density at radius 2 is 1.62 bits per heavy atom. The third-order valence-electron chi connectivity index (χ3n) is 5.15. The Balaban J connectivity index is 1.62. The van der Waals surface area contributed by atoms with E-state index in [2.05, 4.69) is 0 Å². The van der Waals surface area contributed by atoms with Gasteiger partial charge in [0, 0.05) is 26.2 Å². The molecule has 1 aliphatic heterocycles. The molecule has 6 nitrogen and oxygen atoms in total. The molecule has 1 heterocycles. The van der Waals surface area contributed by atoms with Crippen molar-refractivity contribution in [2.24, 2.45) is 0 Å². The van der Waals surface area contributed by atoms with E-state index in [9.17, 15) is 13.2 Å². The number of amides is 1. The van der Waals surface area contributed by atoms with Gasteiger partial charge in [0.1, 0.15) is 5.75 Å². The van der Waals surface area contributed by atoms with Crippen LogP contribution < -0.4 is 4.74 Å². The van der Waals surface area contributed by atoms with Gasteiger partial charge in [-0.15, -0.1) is 0 Å². The zero-order valence-corrected chi connectivity index (χ0v) is 18.2. The van der Waals surface area contributed by atoms with Crippen LogP contribution in [0.2, 0.25) is 0 Å². The number of sulfonamides is 1. The lowest BCUT2D eigenvalue weighted by molar-refractivity contribution is -0.139. The summed E-state index contributed by atoms with van der Waals surface area (Å²) in [6, 6.07) is 12.9. The van der Waals surface area contributed by atoms with Crippen molar-refractivity contribution in [2.45, 2.75) is 38.7 Å². The van der Waals surface area contributed by atoms with Crippen molar-refractivity contribution < 1.29 is 17.9 Å². The summed E-state index contributed by atoms with van der Waals surface area (Å²) >= 11 is 0. The molecule has 0 unspecified atom stereocenters. The van der Waals surface area contributed by atoms with Gasteiger partial charge >= 0.3 is 0 Å². The maximum absolute atomic E-state index is 13.0. The van der Waals surface area contributed by atoms with E-state index in [1.807, 2.05) is 57.2 Å². The predicted octanol–water partition coefficient (Wildman–Crippen LogP) is 2.91. The van der Waals surface area contributed by atoms with Crippen molar-refractivity contribution >= 4 is 15.9 Å². The van der Waals surface area contributed by atoms with E-state index < -0.39 is 16.1 Å². The number of rotatable bonds is 5. The molecular weight excluding hydrogens is 388 g/mol. The first-order valence-electron chi connectivity index (χ1n) is 9.78. The Kier molecular flexibility index (Phi) is 6.29. The fourth-order valence-corrected chi connectivity index (χ4v) is 5.20. The van der Waals surface area contributed by atoms with Crippen LogP contribution in [0.5, 0.6) is 5.75 Å². The first-order chi connectivity index (χ1) is 13.7. The number of piperazine rings is 1. The van der Waals surface area contributed by atoms with Crippen LogP contribution in [0.15, 0.2) is 47.4 Å². The third kappa shape index (κ3) is 4.79. The molecule has 2 aromatic carbocycles. The van der Waals surface area contributed by atoms with Crippen LogP contribution in [0, 0.1) is 20.8 Å². The molecule has 1 fully saturated rings. The molecular formula is C22H28N2O4S. The van der Waals surface area contributed by atoms with Gasteiger partial charge in [-0.1, -0.05) is 29.8 Å². The molecule has 29 heavy (non-hydrogen) atoms. The highest BCUT2D eigenvalue weighted by Crippen LogP contribution is 2.22. The molecule has 1 amide bonds. The van der Waals surface area contributed by atoms with Crippen molar-refractivity contribution in [3.63, 3.8) is 0 Å². The van der Waals surface area contributed by atoms with E-state index in [0.29, 0.717) is 23.7 Å². The molecule has 156 valence electrons. The van der Waals surface area contributed by atoms with E-state index >= 15 is 0 Å². The summed E-state index contributed by atoms with van der Waals surface area (Å²) in [5.74, 6) is 0.525. The number of benzene rings is 2. The molecule has 0 aliphatic carbocycles. The molecule has 7 heteroatoms. The third-order valence-corrected chi connectivity index (χ3v) is 7.21. The number of ether oxygens (including phenoxy) is 1. The quantitative estimate of drug-likeness (QED) is 0.752. The van der Waals surface area contributed by atoms with Gasteiger partial charge < -0.3 is 9.64 Å². The minimum atomic E-state index is -3.57. The Morgan fingerprint density at radius 1 is 0.966 bits per heavy atom. The average Bonchev–Trinajstić information content (AvgIpc) is 2.67. The number of carbonyl (C=O) groups is 1. The highest BCUT2D eigenvalue weighted by atomic mass is 32.2. The average molecular weight is 417 g/mol. The zero-order chi connectivity index (χ0) is 21.2. The van der Waals surface area contributed by atoms with Crippen molar-refractivity contribution in [1.82, 2.24) is 9.21 Å². The summed E-state index contributed by atoms with van der Waals surface area (Å²) in [7, 11) is -3.57. The van der Waals surface area contributed by atoms with Gasteiger partial charge in [0.25, 0.3) is 5.91 Å². The molecule has 0 radical (unpaired) electrons. The molecule has 0 N–H and O–H groups in total. The number of hydrogen-bond acceptors (Lipinski definition) is 4. The van der Waals surface area contributed by atoms with Gasteiger partial charge in [-0.25, -0.2) is 8.42 Å². The maximum Gasteiger partial charge on any atom is 0.263 e. The standard InChI is InChI=1S/C22H28N2O4S/c1-16-6-5-7-20(15-16)28-19(4)22(25)23-10-12-24(13-11-23)29(26,27)21-9-8-17(2)14-18(21)3/h5-9,14-15,19H,10-13H2,1-4H3/t19-/m1/s1. The summed E-state index contributed by atoms with van der Waals surface area (Å²) in [6.45, 7) is 8.70. The maximum atomic E-state index is 13.0. The second-order valence-electron chi connectivity index (χ2n) is 7.57. The zero-order valence-electron chi connectivity index (χ0n) is 17.4. The largest absolute Gasteiger partial charge is 0.481 e. The molecule has 3 rings (SSSR count). The van der Waals surface area contributed by atoms with Crippen LogP contribution in [0.3, 0.4) is 0 Å². The molecule has 0 saturated carbocycles. The van der Waals surface area contributed by atoms with Crippen LogP contribution >= 0.6 is 0 Å². The van der Waals surface area contributed by atoms with E-state index in [1.54, 1.807) is 17.9 Å². The molecule has 1 saturated heterocycles. The summed E-state index contributed by atoms with van der Waals surface area (Å²) < 4.78 is 33.2. The second kappa shape index (κ2) is 8.55. The van der Waals surface area contributed by atoms with Gasteiger partial charge in [0.15, 0.2) is 6.10 Å². The van der Waals surface area contributed by atoms with Crippen molar-refractivity contribution in [3.05, 3.63) is 59.2 Å². The van der Waals surface area contributed by atoms with Crippen LogP contribution in [-0.4, -0.2) is 55.8 Å². The van der Waals surface area contributed by atoms with Crippen LogP contribution in [0.25, 0.3) is 0 Å². The van der Waals surface area contributed by atoms with Gasteiger partial charge in [-0.05, 0) is 57.0 Å². The molecule has 1 aliphatic rings. The Labute approximate surface area is 173 Å². The van der Waals surface area contributed by atoms with Gasteiger partial charge in [0.2, 0.25) is 10.0 Å². The lowest BCUT2D eigenvalue weighted by Crippen LogP contribution is -2.53. The first kappa shape index (κ1) is 21.3. The molecule has 0 bridgehead atoms. The Hall–Kier alpha value is -2.38. The molecule has 1 atom stereocenters. The number of nitrogens with zero attached hydrogens (tertiary/aromatic N) is 2. The summed E-state index contributed by atoms with van der Waals surface area (Å²) in [5.41, 5.74) is 2.83. The predicted molar refractivity (Wildman–Crippen MR) is 113 cm³/mol. The lowest BCUT2D eigenvalue weighted by atomic mass is 10.2. The number of aryl methyl sites for hydroxylation is 3. The minimum absolute atomic E-state index is 0.130. The SMILES string of the molecule is Cc1cccc(O[C@H](C)C(=O)N2CCN(S(=O)(=O)c3ccc(C)cc3C)CC2)c1. The van der Waals surface area contributed by atoms with Crippen LogP contribution in [-0.2, 0) is 14.8 Å². The lowest BCUT2D eigenvalue weighted by Gasteiger charge is -2.35. The van der Waals surface area contributed by atoms with Crippen LogP contribution in [0.1, 0.15) is 23.6 Å². The fraction of sp³-hybridized carbons (Fsp3) is 0.409. The summed E-state index contributed by atoms with van der Waals surface area (Å²) in [4.78, 5) is 14.7. The normalized spacial score (nSPS) is 16.5. The van der Waals surface area contributed by atoms with Gasteiger partial charge in [0.05, 0.1) is 4.90 Å². The van der Waals surface area contributed by atoms with E-state index in [-0.39, 0.29) is 19.0 Å². The Bertz CT molecular complexity index is 996. The van der Waals surface area contributed by atoms with Gasteiger partial charge in [-0.3, -0.25) is 4.79 Å². The van der Waals surface area contributed by atoms with E-state index in [1.165, 1.54) is 4.31 Å². The minimum Gasteiger partial charge on any atom is -0.481 e. The monoisotopic (exact) mass is 416 g/mol. The van der Waals surface area contributed by atoms with Crippen LogP contribution in [0.4, 0.5) is 0 Å². The second-order valence-corrected chi connectivity index (χ2v) is 9.48. The van der Waals surface area contributed by atoms with Gasteiger partial charge in [-0.2, -0.15) is 4.31 Å². The molecule has 0 spiro atoms. The highest BCUT2D eigenvalue weighted by molar-refractivity contribution is 7.89. The highest BCUT2D eigenvalue weighted by Gasteiger charge is 2.32. The van der Waals surface area contributed by atoms with Crippen molar-refractivity contribution in [1.29, 1.82) is 0 Å². The Morgan fingerprint density at radius 3 is 2.24 bits per heavy atom.